The largest absolute Gasteiger partial charge is 0.482 e. The minimum atomic E-state index is -0.196. The number of ether oxygens (including phenoxy) is 2. The number of methoxy groups -OCH3 is 1. The van der Waals surface area contributed by atoms with Crippen molar-refractivity contribution in [2.75, 3.05) is 33.9 Å². The molecule has 1 amide bonds. The molecule has 2 N–H and O–H groups in total. The molecule has 0 aromatic heterocycles. The molecule has 0 spiro atoms. The molecule has 0 saturated heterocycles. The molecule has 0 unspecified atom stereocenters. The summed E-state index contributed by atoms with van der Waals surface area (Å²) in [4.78, 5) is 11.2. The molecule has 106 valence electrons. The van der Waals surface area contributed by atoms with Crippen LogP contribution in [-0.2, 0) is 16.1 Å². The minimum Gasteiger partial charge on any atom is -0.482 e. The van der Waals surface area contributed by atoms with E-state index in [1.165, 1.54) is 0 Å². The summed E-state index contributed by atoms with van der Waals surface area (Å²) in [6.07, 6.45) is 0. The fourth-order valence-electron chi connectivity index (χ4n) is 1.46. The quantitative estimate of drug-likeness (QED) is 0.705. The van der Waals surface area contributed by atoms with Crippen molar-refractivity contribution in [2.45, 2.75) is 6.54 Å². The molecule has 0 saturated carbocycles. The lowest BCUT2D eigenvalue weighted by molar-refractivity contribution is -0.122. The highest BCUT2D eigenvalue weighted by Gasteiger charge is 2.09. The molecular formula is C13H19ClN2O3. The van der Waals surface area contributed by atoms with Crippen molar-refractivity contribution >= 4 is 17.5 Å². The summed E-state index contributed by atoms with van der Waals surface area (Å²) in [5.74, 6) is 0.343. The maximum absolute atomic E-state index is 11.2. The third-order valence-electron chi connectivity index (χ3n) is 2.47. The minimum absolute atomic E-state index is 0.0503. The number of hydrogen-bond donors (Lipinski definition) is 2. The van der Waals surface area contributed by atoms with Gasteiger partial charge in [0, 0.05) is 32.8 Å². The van der Waals surface area contributed by atoms with E-state index in [0.29, 0.717) is 23.9 Å². The zero-order chi connectivity index (χ0) is 14.1. The zero-order valence-electron chi connectivity index (χ0n) is 11.2. The fourth-order valence-corrected chi connectivity index (χ4v) is 1.71. The number of likely N-dealkylation sites (N-methyl/N-ethyl adjacent to an activating group) is 1. The molecule has 0 heterocycles. The van der Waals surface area contributed by atoms with Gasteiger partial charge in [-0.25, -0.2) is 0 Å². The molecule has 1 rings (SSSR count). The van der Waals surface area contributed by atoms with Gasteiger partial charge in [0.15, 0.2) is 6.61 Å². The van der Waals surface area contributed by atoms with Gasteiger partial charge in [0.1, 0.15) is 5.75 Å². The molecule has 0 aliphatic carbocycles. The lowest BCUT2D eigenvalue weighted by Gasteiger charge is -2.13. The van der Waals surface area contributed by atoms with Crippen molar-refractivity contribution in [3.63, 3.8) is 0 Å². The van der Waals surface area contributed by atoms with Crippen LogP contribution in [0.25, 0.3) is 0 Å². The summed E-state index contributed by atoms with van der Waals surface area (Å²) in [5, 5.41) is 6.20. The van der Waals surface area contributed by atoms with Gasteiger partial charge in [0.05, 0.1) is 11.6 Å². The van der Waals surface area contributed by atoms with Gasteiger partial charge in [0.25, 0.3) is 5.91 Å². The summed E-state index contributed by atoms with van der Waals surface area (Å²) in [6, 6.07) is 5.49. The van der Waals surface area contributed by atoms with Gasteiger partial charge in [-0.2, -0.15) is 0 Å². The van der Waals surface area contributed by atoms with Gasteiger partial charge >= 0.3 is 0 Å². The molecule has 19 heavy (non-hydrogen) atoms. The van der Waals surface area contributed by atoms with Crippen LogP contribution in [-0.4, -0.2) is 39.8 Å². The number of para-hydroxylation sites is 1. The van der Waals surface area contributed by atoms with E-state index in [2.05, 4.69) is 10.6 Å². The third-order valence-corrected chi connectivity index (χ3v) is 2.77. The normalized spacial score (nSPS) is 10.3. The Bertz CT molecular complexity index is 413. The van der Waals surface area contributed by atoms with Gasteiger partial charge in [-0.15, -0.1) is 0 Å². The maximum Gasteiger partial charge on any atom is 0.257 e. The number of halogens is 1. The van der Waals surface area contributed by atoms with Gasteiger partial charge in [-0.3, -0.25) is 4.79 Å². The van der Waals surface area contributed by atoms with Crippen LogP contribution in [0.4, 0.5) is 0 Å². The van der Waals surface area contributed by atoms with Crippen molar-refractivity contribution in [3.8, 4) is 5.75 Å². The van der Waals surface area contributed by atoms with Gasteiger partial charge in [-0.05, 0) is 6.07 Å². The van der Waals surface area contributed by atoms with E-state index < -0.39 is 0 Å². The molecular weight excluding hydrogens is 268 g/mol. The fraction of sp³-hybridized carbons (Fsp3) is 0.462. The number of nitrogens with one attached hydrogen (secondary N) is 2. The summed E-state index contributed by atoms with van der Waals surface area (Å²) < 4.78 is 10.4. The first-order chi connectivity index (χ1) is 9.19. The molecule has 1 aromatic rings. The van der Waals surface area contributed by atoms with Crippen molar-refractivity contribution < 1.29 is 14.3 Å². The summed E-state index contributed by atoms with van der Waals surface area (Å²) in [6.45, 7) is 1.92. The molecule has 0 bridgehead atoms. The van der Waals surface area contributed by atoms with Crippen LogP contribution in [0.3, 0.4) is 0 Å². The van der Waals surface area contributed by atoms with E-state index in [0.717, 1.165) is 12.1 Å². The van der Waals surface area contributed by atoms with Crippen molar-refractivity contribution in [3.05, 3.63) is 28.8 Å². The first-order valence-corrected chi connectivity index (χ1v) is 6.37. The van der Waals surface area contributed by atoms with E-state index in [-0.39, 0.29) is 12.5 Å². The Morgan fingerprint density at radius 1 is 1.42 bits per heavy atom. The molecule has 1 aromatic carbocycles. The second-order valence-electron chi connectivity index (χ2n) is 3.86. The Balaban J connectivity index is 2.63. The van der Waals surface area contributed by atoms with E-state index in [1.54, 1.807) is 20.2 Å². The van der Waals surface area contributed by atoms with Crippen LogP contribution in [0.15, 0.2) is 18.2 Å². The molecule has 5 nitrogen and oxygen atoms in total. The molecule has 6 heteroatoms. The highest BCUT2D eigenvalue weighted by Crippen LogP contribution is 2.28. The van der Waals surface area contributed by atoms with Crippen molar-refractivity contribution in [1.82, 2.24) is 10.6 Å². The Labute approximate surface area is 118 Å². The Kier molecular flexibility index (Phi) is 7.25. The highest BCUT2D eigenvalue weighted by molar-refractivity contribution is 6.32. The van der Waals surface area contributed by atoms with Crippen LogP contribution in [0.5, 0.6) is 5.75 Å². The van der Waals surface area contributed by atoms with E-state index in [4.69, 9.17) is 21.1 Å². The van der Waals surface area contributed by atoms with Gasteiger partial charge < -0.3 is 20.1 Å². The number of amides is 1. The van der Waals surface area contributed by atoms with Crippen LogP contribution in [0.2, 0.25) is 5.02 Å². The SMILES string of the molecule is CNC(=O)COc1c(Cl)cccc1CNCCOC. The summed E-state index contributed by atoms with van der Waals surface area (Å²) >= 11 is 6.09. The number of carbonyl (C=O) groups is 1. The first-order valence-electron chi connectivity index (χ1n) is 5.99. The molecule has 0 atom stereocenters. The molecule has 0 aliphatic rings. The Morgan fingerprint density at radius 3 is 2.89 bits per heavy atom. The van der Waals surface area contributed by atoms with Crippen LogP contribution < -0.4 is 15.4 Å². The molecule has 0 aliphatic heterocycles. The van der Waals surface area contributed by atoms with Crippen LogP contribution in [0.1, 0.15) is 5.56 Å². The summed E-state index contributed by atoms with van der Waals surface area (Å²) in [5.41, 5.74) is 0.910. The lowest BCUT2D eigenvalue weighted by Crippen LogP contribution is -2.25. The Morgan fingerprint density at radius 2 is 2.21 bits per heavy atom. The Hall–Kier alpha value is -1.30. The standard InChI is InChI=1S/C13H19ClN2O3/c1-15-12(17)9-19-13-10(4-3-5-11(13)14)8-16-6-7-18-2/h3-5,16H,6-9H2,1-2H3,(H,15,17). The van der Waals surface area contributed by atoms with Gasteiger partial charge in [0.2, 0.25) is 0 Å². The monoisotopic (exact) mass is 286 g/mol. The number of carbonyl (C=O) groups excluding carboxylic acids is 1. The highest BCUT2D eigenvalue weighted by atomic mass is 35.5. The number of rotatable bonds is 8. The van der Waals surface area contributed by atoms with Crippen LogP contribution in [0, 0.1) is 0 Å². The number of hydrogen-bond acceptors (Lipinski definition) is 4. The lowest BCUT2D eigenvalue weighted by atomic mass is 10.2. The van der Waals surface area contributed by atoms with E-state index in [9.17, 15) is 4.79 Å². The molecule has 0 radical (unpaired) electrons. The second-order valence-corrected chi connectivity index (χ2v) is 4.27. The van der Waals surface area contributed by atoms with E-state index in [1.807, 2.05) is 12.1 Å². The van der Waals surface area contributed by atoms with Crippen LogP contribution >= 0.6 is 11.6 Å². The van der Waals surface area contributed by atoms with Crippen molar-refractivity contribution in [2.24, 2.45) is 0 Å². The average molecular weight is 287 g/mol. The first kappa shape index (κ1) is 15.8. The smallest absolute Gasteiger partial charge is 0.257 e. The van der Waals surface area contributed by atoms with E-state index >= 15 is 0 Å². The maximum atomic E-state index is 11.2. The summed E-state index contributed by atoms with van der Waals surface area (Å²) in [7, 11) is 3.21. The number of benzene rings is 1. The van der Waals surface area contributed by atoms with Gasteiger partial charge in [-0.1, -0.05) is 23.7 Å². The predicted octanol–water partition coefficient (Wildman–Crippen LogP) is 1.20. The molecule has 0 fully saturated rings. The zero-order valence-corrected chi connectivity index (χ0v) is 11.9. The predicted molar refractivity (Wildman–Crippen MR) is 74.6 cm³/mol. The topological polar surface area (TPSA) is 59.6 Å². The average Bonchev–Trinajstić information content (AvgIpc) is 2.42. The van der Waals surface area contributed by atoms with Crippen molar-refractivity contribution in [1.29, 1.82) is 0 Å². The third kappa shape index (κ3) is 5.46. The second kappa shape index (κ2) is 8.74.